The molecule has 0 atom stereocenters. The second-order valence-electron chi connectivity index (χ2n) is 5.18. The highest BCUT2D eigenvalue weighted by molar-refractivity contribution is 7.80. The molecular weight excluding hydrogens is 327 g/mol. The zero-order valence-electron chi connectivity index (χ0n) is 13.8. The molecule has 0 amide bonds. The van der Waals surface area contributed by atoms with Gasteiger partial charge in [0.25, 0.3) is 0 Å². The van der Waals surface area contributed by atoms with Crippen LogP contribution in [0.3, 0.4) is 0 Å². The first-order valence-corrected chi connectivity index (χ1v) is 8.04. The number of benzene rings is 2. The first-order chi connectivity index (χ1) is 11.6. The second-order valence-corrected chi connectivity index (χ2v) is 5.59. The molecule has 0 bridgehead atoms. The number of ether oxygens (including phenoxy) is 2. The quantitative estimate of drug-likeness (QED) is 0.589. The van der Waals surface area contributed by atoms with Crippen LogP contribution in [0.2, 0.25) is 0 Å². The lowest BCUT2D eigenvalue weighted by atomic mass is 10.1. The SMILES string of the molecule is COc1ccc(CCCNC(=S)Nc2ccc(F)cc2)cc1OC. The van der Waals surface area contributed by atoms with Gasteiger partial charge in [0.1, 0.15) is 5.82 Å². The average molecular weight is 348 g/mol. The molecule has 0 fully saturated rings. The minimum atomic E-state index is -0.269. The van der Waals surface area contributed by atoms with E-state index in [1.165, 1.54) is 17.7 Å². The third-order valence-corrected chi connectivity index (χ3v) is 3.72. The van der Waals surface area contributed by atoms with Crippen LogP contribution in [-0.4, -0.2) is 25.9 Å². The molecule has 0 aromatic heterocycles. The number of anilines is 1. The van der Waals surface area contributed by atoms with E-state index >= 15 is 0 Å². The van der Waals surface area contributed by atoms with Gasteiger partial charge in [0, 0.05) is 12.2 Å². The summed E-state index contributed by atoms with van der Waals surface area (Å²) in [6, 6.07) is 12.0. The van der Waals surface area contributed by atoms with E-state index < -0.39 is 0 Å². The Morgan fingerprint density at radius 3 is 2.42 bits per heavy atom. The van der Waals surface area contributed by atoms with Gasteiger partial charge in [-0.3, -0.25) is 0 Å². The minimum absolute atomic E-state index is 0.269. The van der Waals surface area contributed by atoms with E-state index in [0.717, 1.165) is 36.6 Å². The third-order valence-electron chi connectivity index (χ3n) is 3.48. The molecule has 2 aromatic rings. The van der Waals surface area contributed by atoms with Crippen LogP contribution in [0, 0.1) is 5.82 Å². The summed E-state index contributed by atoms with van der Waals surface area (Å²) in [6.07, 6.45) is 1.81. The molecule has 0 spiro atoms. The third kappa shape index (κ3) is 5.38. The van der Waals surface area contributed by atoms with E-state index in [2.05, 4.69) is 10.6 Å². The molecule has 2 rings (SSSR count). The molecule has 0 aliphatic heterocycles. The maximum Gasteiger partial charge on any atom is 0.170 e. The Morgan fingerprint density at radius 1 is 1.04 bits per heavy atom. The fourth-order valence-corrected chi connectivity index (χ4v) is 2.46. The van der Waals surface area contributed by atoms with Gasteiger partial charge < -0.3 is 20.1 Å². The van der Waals surface area contributed by atoms with Crippen LogP contribution in [0.25, 0.3) is 0 Å². The molecule has 24 heavy (non-hydrogen) atoms. The standard InChI is InChI=1S/C18H21FN2O2S/c1-22-16-10-5-13(12-17(16)23-2)4-3-11-20-18(24)21-15-8-6-14(19)7-9-15/h5-10,12H,3-4,11H2,1-2H3,(H2,20,21,24). The van der Waals surface area contributed by atoms with Gasteiger partial charge in [-0.25, -0.2) is 4.39 Å². The van der Waals surface area contributed by atoms with E-state index in [1.54, 1.807) is 26.4 Å². The molecule has 6 heteroatoms. The van der Waals surface area contributed by atoms with Gasteiger partial charge in [-0.15, -0.1) is 0 Å². The van der Waals surface area contributed by atoms with Gasteiger partial charge in [-0.05, 0) is 67.0 Å². The van der Waals surface area contributed by atoms with Gasteiger partial charge in [0.05, 0.1) is 14.2 Å². The van der Waals surface area contributed by atoms with Gasteiger partial charge >= 0.3 is 0 Å². The van der Waals surface area contributed by atoms with Crippen molar-refractivity contribution >= 4 is 23.0 Å². The second kappa shape index (κ2) is 9.08. The van der Waals surface area contributed by atoms with Crippen molar-refractivity contribution in [2.24, 2.45) is 0 Å². The Labute approximate surface area is 147 Å². The van der Waals surface area contributed by atoms with Crippen molar-refractivity contribution in [1.82, 2.24) is 5.32 Å². The van der Waals surface area contributed by atoms with E-state index in [1.807, 2.05) is 18.2 Å². The average Bonchev–Trinajstić information content (AvgIpc) is 2.60. The van der Waals surface area contributed by atoms with Gasteiger partial charge in [-0.2, -0.15) is 0 Å². The lowest BCUT2D eigenvalue weighted by Gasteiger charge is -2.11. The summed E-state index contributed by atoms with van der Waals surface area (Å²) >= 11 is 5.22. The van der Waals surface area contributed by atoms with E-state index in [4.69, 9.17) is 21.7 Å². The van der Waals surface area contributed by atoms with Gasteiger partial charge in [0.15, 0.2) is 16.6 Å². The Bertz CT molecular complexity index is 677. The maximum absolute atomic E-state index is 12.8. The first-order valence-electron chi connectivity index (χ1n) is 7.63. The number of nitrogens with one attached hydrogen (secondary N) is 2. The Morgan fingerprint density at radius 2 is 1.75 bits per heavy atom. The Balaban J connectivity index is 1.74. The molecular formula is C18H21FN2O2S. The molecule has 128 valence electrons. The van der Waals surface area contributed by atoms with E-state index in [9.17, 15) is 4.39 Å². The maximum atomic E-state index is 12.8. The Kier molecular flexibility index (Phi) is 6.81. The summed E-state index contributed by atoms with van der Waals surface area (Å²) < 4.78 is 23.4. The van der Waals surface area contributed by atoms with E-state index in [-0.39, 0.29) is 5.82 Å². The molecule has 0 radical (unpaired) electrons. The van der Waals surface area contributed by atoms with Crippen molar-refractivity contribution < 1.29 is 13.9 Å². The number of methoxy groups -OCH3 is 2. The summed E-state index contributed by atoms with van der Waals surface area (Å²) in [5.74, 6) is 1.19. The number of hydrogen-bond acceptors (Lipinski definition) is 3. The summed E-state index contributed by atoms with van der Waals surface area (Å²) in [7, 11) is 3.25. The lowest BCUT2D eigenvalue weighted by molar-refractivity contribution is 0.354. The van der Waals surface area contributed by atoms with Crippen molar-refractivity contribution in [3.05, 3.63) is 53.8 Å². The summed E-state index contributed by atoms with van der Waals surface area (Å²) in [5.41, 5.74) is 1.93. The largest absolute Gasteiger partial charge is 0.493 e. The van der Waals surface area contributed by atoms with Crippen molar-refractivity contribution in [3.8, 4) is 11.5 Å². The number of aryl methyl sites for hydroxylation is 1. The zero-order chi connectivity index (χ0) is 17.4. The summed E-state index contributed by atoms with van der Waals surface area (Å²) in [6.45, 7) is 0.737. The normalized spacial score (nSPS) is 10.1. The van der Waals surface area contributed by atoms with Crippen molar-refractivity contribution in [2.45, 2.75) is 12.8 Å². The van der Waals surface area contributed by atoms with Crippen LogP contribution in [-0.2, 0) is 6.42 Å². The molecule has 2 N–H and O–H groups in total. The molecule has 0 saturated heterocycles. The fraction of sp³-hybridized carbons (Fsp3) is 0.278. The molecule has 0 heterocycles. The summed E-state index contributed by atoms with van der Waals surface area (Å²) in [4.78, 5) is 0. The predicted octanol–water partition coefficient (Wildman–Crippen LogP) is 3.76. The van der Waals surface area contributed by atoms with Crippen LogP contribution in [0.1, 0.15) is 12.0 Å². The van der Waals surface area contributed by atoms with Gasteiger partial charge in [-0.1, -0.05) is 6.07 Å². The van der Waals surface area contributed by atoms with Crippen LogP contribution in [0.4, 0.5) is 10.1 Å². The molecule has 0 saturated carbocycles. The number of rotatable bonds is 7. The monoisotopic (exact) mass is 348 g/mol. The topological polar surface area (TPSA) is 42.5 Å². The van der Waals surface area contributed by atoms with Crippen LogP contribution in [0.5, 0.6) is 11.5 Å². The first kappa shape index (κ1) is 18.0. The number of hydrogen-bond donors (Lipinski definition) is 2. The minimum Gasteiger partial charge on any atom is -0.493 e. The number of thiocarbonyl (C=S) groups is 1. The van der Waals surface area contributed by atoms with Crippen molar-refractivity contribution in [2.75, 3.05) is 26.1 Å². The molecule has 0 aliphatic carbocycles. The highest BCUT2D eigenvalue weighted by atomic mass is 32.1. The highest BCUT2D eigenvalue weighted by Gasteiger charge is 2.04. The van der Waals surface area contributed by atoms with Crippen molar-refractivity contribution in [3.63, 3.8) is 0 Å². The van der Waals surface area contributed by atoms with E-state index in [0.29, 0.717) is 5.11 Å². The van der Waals surface area contributed by atoms with Crippen LogP contribution >= 0.6 is 12.2 Å². The Hall–Kier alpha value is -2.34. The smallest absolute Gasteiger partial charge is 0.170 e. The van der Waals surface area contributed by atoms with Crippen LogP contribution in [0.15, 0.2) is 42.5 Å². The molecule has 4 nitrogen and oxygen atoms in total. The zero-order valence-corrected chi connectivity index (χ0v) is 14.6. The lowest BCUT2D eigenvalue weighted by Crippen LogP contribution is -2.29. The van der Waals surface area contributed by atoms with Crippen LogP contribution < -0.4 is 20.1 Å². The molecule has 0 aliphatic rings. The van der Waals surface area contributed by atoms with Gasteiger partial charge in [0.2, 0.25) is 0 Å². The predicted molar refractivity (Wildman–Crippen MR) is 98.5 cm³/mol. The summed E-state index contributed by atoms with van der Waals surface area (Å²) in [5, 5.41) is 6.68. The highest BCUT2D eigenvalue weighted by Crippen LogP contribution is 2.27. The van der Waals surface area contributed by atoms with Crippen molar-refractivity contribution in [1.29, 1.82) is 0 Å². The molecule has 0 unspecified atom stereocenters. The fourth-order valence-electron chi connectivity index (χ4n) is 2.24. The molecule has 2 aromatic carbocycles. The number of halogens is 1.